The lowest BCUT2D eigenvalue weighted by atomic mass is 9.79. The van der Waals surface area contributed by atoms with Crippen LogP contribution < -0.4 is 0 Å². The second-order valence-corrected chi connectivity index (χ2v) is 16.8. The van der Waals surface area contributed by atoms with Crippen LogP contribution in [0.5, 0.6) is 0 Å². The maximum atomic E-state index is 2.55. The van der Waals surface area contributed by atoms with Crippen molar-refractivity contribution in [3.05, 3.63) is 217 Å². The Labute approximate surface area is 344 Å². The van der Waals surface area contributed by atoms with Gasteiger partial charge in [0.2, 0.25) is 0 Å². The second kappa shape index (κ2) is 12.9. The Morgan fingerprint density at radius 3 is 1.44 bits per heavy atom. The third-order valence-corrected chi connectivity index (χ3v) is 13.2. The van der Waals surface area contributed by atoms with Crippen molar-refractivity contribution in [2.24, 2.45) is 0 Å². The molecule has 0 fully saturated rings. The zero-order valence-electron chi connectivity index (χ0n) is 33.1. The van der Waals surface area contributed by atoms with Gasteiger partial charge in [0.05, 0.1) is 0 Å². The summed E-state index contributed by atoms with van der Waals surface area (Å²) in [5.74, 6) is 0. The lowest BCUT2D eigenvalue weighted by Crippen LogP contribution is -2.14. The van der Waals surface area contributed by atoms with E-state index < -0.39 is 0 Å². The molecule has 0 aliphatic heterocycles. The minimum absolute atomic E-state index is 0.139. The molecule has 0 N–H and O–H groups in total. The van der Waals surface area contributed by atoms with Crippen molar-refractivity contribution in [1.82, 2.24) is 0 Å². The highest BCUT2D eigenvalue weighted by Gasteiger charge is 2.36. The van der Waals surface area contributed by atoms with E-state index in [1.807, 2.05) is 0 Å². The van der Waals surface area contributed by atoms with Crippen molar-refractivity contribution < 1.29 is 0 Å². The molecule has 0 heteroatoms. The monoisotopic (exact) mass is 748 g/mol. The molecule has 0 saturated heterocycles. The lowest BCUT2D eigenvalue weighted by molar-refractivity contribution is 0.661. The molecule has 0 unspecified atom stereocenters. The second-order valence-electron chi connectivity index (χ2n) is 16.8. The maximum absolute atomic E-state index is 2.55. The largest absolute Gasteiger partial charge is 0.0622 e. The van der Waals surface area contributed by atoms with Crippen LogP contribution in [0.3, 0.4) is 0 Å². The Hall–Kier alpha value is -7.28. The highest BCUT2D eigenvalue weighted by atomic mass is 14.4. The summed E-state index contributed by atoms with van der Waals surface area (Å²) in [6.45, 7) is 4.79. The van der Waals surface area contributed by atoms with Gasteiger partial charge in [0.25, 0.3) is 0 Å². The maximum Gasteiger partial charge on any atom is 0.0159 e. The van der Waals surface area contributed by atoms with Gasteiger partial charge in [-0.05, 0) is 151 Å². The standard InChI is InChI=1S/C59H40/c1-59(2)55-23-13-12-22-49(55)51-35-53-54(36-56(51)59)58(44-27-25-38-15-7-9-19-41(38)33-44)52-34-42(28-29-50(52)57(53)43-26-24-37-14-6-8-18-40(37)32-43)46-31-30-45(39-16-4-3-5-17-39)47-20-10-11-21-48(46)47/h3-36H,1-2H3. The summed E-state index contributed by atoms with van der Waals surface area (Å²) in [6.07, 6.45) is 0. The summed E-state index contributed by atoms with van der Waals surface area (Å²) < 4.78 is 0. The fraction of sp³-hybridized carbons (Fsp3) is 0.0508. The molecule has 1 aliphatic rings. The molecule has 0 amide bonds. The Kier molecular flexibility index (Phi) is 7.38. The van der Waals surface area contributed by atoms with Gasteiger partial charge in [-0.1, -0.05) is 190 Å². The molecule has 12 rings (SSSR count). The summed E-state index contributed by atoms with van der Waals surface area (Å²) in [4.78, 5) is 0. The molecule has 0 spiro atoms. The molecule has 0 bridgehead atoms. The topological polar surface area (TPSA) is 0 Å². The highest BCUT2D eigenvalue weighted by molar-refractivity contribution is 6.24. The van der Waals surface area contributed by atoms with Crippen molar-refractivity contribution >= 4 is 53.9 Å². The minimum Gasteiger partial charge on any atom is -0.0622 e. The fourth-order valence-corrected chi connectivity index (χ4v) is 10.3. The molecule has 0 aromatic heterocycles. The van der Waals surface area contributed by atoms with Gasteiger partial charge in [0.1, 0.15) is 0 Å². The first-order valence-electron chi connectivity index (χ1n) is 20.7. The highest BCUT2D eigenvalue weighted by Crippen LogP contribution is 2.54. The van der Waals surface area contributed by atoms with Crippen LogP contribution in [0.25, 0.3) is 109 Å². The lowest BCUT2D eigenvalue weighted by Gasteiger charge is -2.24. The summed E-state index contributed by atoms with van der Waals surface area (Å²) in [6, 6.07) is 77.2. The van der Waals surface area contributed by atoms with Crippen molar-refractivity contribution in [3.8, 4) is 55.6 Å². The summed E-state index contributed by atoms with van der Waals surface area (Å²) in [5, 5.41) is 12.6. The quantitative estimate of drug-likeness (QED) is 0.157. The summed E-state index contributed by atoms with van der Waals surface area (Å²) in [5.41, 5.74) is 15.3. The predicted molar refractivity (Wildman–Crippen MR) is 253 cm³/mol. The van der Waals surface area contributed by atoms with E-state index in [0.29, 0.717) is 0 Å². The van der Waals surface area contributed by atoms with Gasteiger partial charge in [0, 0.05) is 5.41 Å². The van der Waals surface area contributed by atoms with E-state index in [-0.39, 0.29) is 5.41 Å². The Morgan fingerprint density at radius 1 is 0.254 bits per heavy atom. The Balaban J connectivity index is 1.23. The normalized spacial score (nSPS) is 13.1. The predicted octanol–water partition coefficient (Wildman–Crippen LogP) is 16.4. The molecule has 0 radical (unpaired) electrons. The number of rotatable bonds is 4. The zero-order valence-corrected chi connectivity index (χ0v) is 33.1. The molecule has 276 valence electrons. The van der Waals surface area contributed by atoms with Crippen LogP contribution in [0.15, 0.2) is 206 Å². The number of hydrogen-bond acceptors (Lipinski definition) is 0. The van der Waals surface area contributed by atoms with E-state index in [4.69, 9.17) is 0 Å². The molecule has 1 aliphatic carbocycles. The van der Waals surface area contributed by atoms with Gasteiger partial charge in [-0.15, -0.1) is 0 Å². The first-order valence-corrected chi connectivity index (χ1v) is 20.7. The Bertz CT molecular complexity index is 3510. The van der Waals surface area contributed by atoms with E-state index in [2.05, 4.69) is 220 Å². The molecule has 59 heavy (non-hydrogen) atoms. The van der Waals surface area contributed by atoms with E-state index in [1.54, 1.807) is 0 Å². The zero-order chi connectivity index (χ0) is 39.2. The van der Waals surface area contributed by atoms with Crippen molar-refractivity contribution in [1.29, 1.82) is 0 Å². The average Bonchev–Trinajstić information content (AvgIpc) is 3.51. The molecule has 11 aromatic rings. The van der Waals surface area contributed by atoms with Crippen LogP contribution in [0.2, 0.25) is 0 Å². The van der Waals surface area contributed by atoms with Gasteiger partial charge >= 0.3 is 0 Å². The molecular formula is C59H40. The molecule has 0 atom stereocenters. The van der Waals surface area contributed by atoms with Crippen LogP contribution in [-0.4, -0.2) is 0 Å². The van der Waals surface area contributed by atoms with Gasteiger partial charge < -0.3 is 0 Å². The third-order valence-electron chi connectivity index (χ3n) is 13.2. The van der Waals surface area contributed by atoms with Crippen molar-refractivity contribution in [2.45, 2.75) is 19.3 Å². The van der Waals surface area contributed by atoms with E-state index in [9.17, 15) is 0 Å². The van der Waals surface area contributed by atoms with Gasteiger partial charge in [0.15, 0.2) is 0 Å². The average molecular weight is 749 g/mol. The first kappa shape index (κ1) is 33.8. The van der Waals surface area contributed by atoms with Crippen LogP contribution in [0.4, 0.5) is 0 Å². The third kappa shape index (κ3) is 5.16. The minimum atomic E-state index is -0.139. The smallest absolute Gasteiger partial charge is 0.0159 e. The van der Waals surface area contributed by atoms with E-state index in [1.165, 1.54) is 121 Å². The van der Waals surface area contributed by atoms with Gasteiger partial charge in [-0.3, -0.25) is 0 Å². The first-order chi connectivity index (χ1) is 29.0. The van der Waals surface area contributed by atoms with E-state index >= 15 is 0 Å². The molecule has 0 nitrogen and oxygen atoms in total. The van der Waals surface area contributed by atoms with Crippen LogP contribution in [0, 0.1) is 0 Å². The SMILES string of the molecule is CC1(C)c2ccccc2-c2cc3c(-c4ccc5ccccc5c4)c4ccc(-c5ccc(-c6ccccc6)c6ccccc56)cc4c(-c4ccc5ccccc5c4)c3cc21. The molecule has 0 saturated carbocycles. The number of hydrogen-bond donors (Lipinski definition) is 0. The van der Waals surface area contributed by atoms with Crippen molar-refractivity contribution in [3.63, 3.8) is 0 Å². The summed E-state index contributed by atoms with van der Waals surface area (Å²) >= 11 is 0. The van der Waals surface area contributed by atoms with E-state index in [0.717, 1.165) is 0 Å². The number of benzene rings is 11. The number of fused-ring (bicyclic) bond motifs is 8. The molecule has 0 heterocycles. The summed E-state index contributed by atoms with van der Waals surface area (Å²) in [7, 11) is 0. The fourth-order valence-electron chi connectivity index (χ4n) is 10.3. The Morgan fingerprint density at radius 2 is 0.763 bits per heavy atom. The molecular weight excluding hydrogens is 709 g/mol. The van der Waals surface area contributed by atoms with Crippen LogP contribution in [-0.2, 0) is 5.41 Å². The van der Waals surface area contributed by atoms with Crippen LogP contribution in [0.1, 0.15) is 25.0 Å². The van der Waals surface area contributed by atoms with Crippen molar-refractivity contribution in [2.75, 3.05) is 0 Å². The van der Waals surface area contributed by atoms with Crippen LogP contribution >= 0.6 is 0 Å². The van der Waals surface area contributed by atoms with Gasteiger partial charge in [-0.2, -0.15) is 0 Å². The molecule has 11 aromatic carbocycles. The van der Waals surface area contributed by atoms with Gasteiger partial charge in [-0.25, -0.2) is 0 Å².